The zero-order valence-corrected chi connectivity index (χ0v) is 15.8. The smallest absolute Gasteiger partial charge is 0.317 e. The molecule has 1 atom stereocenters. The summed E-state index contributed by atoms with van der Waals surface area (Å²) >= 11 is 1.70. The lowest BCUT2D eigenvalue weighted by Gasteiger charge is -2.23. The maximum absolute atomic E-state index is 12.2. The Morgan fingerprint density at radius 3 is 3.00 bits per heavy atom. The molecule has 1 aliphatic heterocycles. The number of rotatable bonds is 6. The highest BCUT2D eigenvalue weighted by atomic mass is 32.1. The fraction of sp³-hybridized carbons (Fsp3) is 0.706. The van der Waals surface area contributed by atoms with Gasteiger partial charge in [0.2, 0.25) is 0 Å². The lowest BCUT2D eigenvalue weighted by Crippen LogP contribution is -2.42. The van der Waals surface area contributed by atoms with E-state index < -0.39 is 5.41 Å². The van der Waals surface area contributed by atoms with Crippen molar-refractivity contribution in [1.29, 1.82) is 5.26 Å². The van der Waals surface area contributed by atoms with Gasteiger partial charge in [0, 0.05) is 37.6 Å². The second-order valence-electron chi connectivity index (χ2n) is 7.31. The molecule has 1 aromatic rings. The molecule has 2 heterocycles. The molecule has 1 aliphatic rings. The van der Waals surface area contributed by atoms with Gasteiger partial charge in [0.25, 0.3) is 0 Å². The van der Waals surface area contributed by atoms with Crippen LogP contribution in [0.4, 0.5) is 4.79 Å². The predicted molar refractivity (Wildman–Crippen MR) is 95.7 cm³/mol. The summed E-state index contributed by atoms with van der Waals surface area (Å²) in [5, 5.41) is 11.9. The van der Waals surface area contributed by atoms with Crippen LogP contribution in [0.5, 0.6) is 0 Å². The predicted octanol–water partition coefficient (Wildman–Crippen LogP) is 2.46. The van der Waals surface area contributed by atoms with Gasteiger partial charge < -0.3 is 15.1 Å². The Morgan fingerprint density at radius 1 is 1.62 bits per heavy atom. The first kappa shape index (κ1) is 18.7. The van der Waals surface area contributed by atoms with E-state index in [2.05, 4.69) is 28.3 Å². The number of thiazole rings is 1. The Labute approximate surface area is 148 Å². The minimum absolute atomic E-state index is 0.0539. The van der Waals surface area contributed by atoms with Crippen LogP contribution in [0, 0.1) is 29.6 Å². The second kappa shape index (κ2) is 7.95. The third kappa shape index (κ3) is 5.18. The highest BCUT2D eigenvalue weighted by Gasteiger charge is 2.28. The summed E-state index contributed by atoms with van der Waals surface area (Å²) < 4.78 is 0. The normalized spacial score (nSPS) is 18.0. The van der Waals surface area contributed by atoms with Gasteiger partial charge in [-0.25, -0.2) is 9.78 Å². The van der Waals surface area contributed by atoms with Crippen LogP contribution in [0.1, 0.15) is 30.8 Å². The van der Waals surface area contributed by atoms with Crippen molar-refractivity contribution >= 4 is 17.4 Å². The maximum Gasteiger partial charge on any atom is 0.317 e. The van der Waals surface area contributed by atoms with Gasteiger partial charge in [0.1, 0.15) is 0 Å². The maximum atomic E-state index is 12.2. The molecule has 7 heteroatoms. The van der Waals surface area contributed by atoms with Gasteiger partial charge in [0.15, 0.2) is 0 Å². The molecule has 0 spiro atoms. The van der Waals surface area contributed by atoms with Crippen LogP contribution in [0.2, 0.25) is 0 Å². The largest absolute Gasteiger partial charge is 0.336 e. The first-order valence-corrected chi connectivity index (χ1v) is 9.20. The van der Waals surface area contributed by atoms with E-state index in [9.17, 15) is 4.79 Å². The molecule has 0 aliphatic carbocycles. The molecule has 132 valence electrons. The van der Waals surface area contributed by atoms with E-state index in [4.69, 9.17) is 5.26 Å². The molecule has 1 aromatic heterocycles. The van der Waals surface area contributed by atoms with Gasteiger partial charge in [-0.3, -0.25) is 0 Å². The molecule has 1 N–H and O–H groups in total. The summed E-state index contributed by atoms with van der Waals surface area (Å²) in [5.74, 6) is 0.498. The minimum atomic E-state index is -0.526. The van der Waals surface area contributed by atoms with Crippen molar-refractivity contribution in [1.82, 2.24) is 20.1 Å². The Bertz CT molecular complexity index is 606. The van der Waals surface area contributed by atoms with Gasteiger partial charge in [0.05, 0.1) is 22.7 Å². The van der Waals surface area contributed by atoms with Crippen LogP contribution in [-0.2, 0) is 6.54 Å². The van der Waals surface area contributed by atoms with Crippen molar-refractivity contribution in [3.63, 3.8) is 0 Å². The summed E-state index contributed by atoms with van der Waals surface area (Å²) in [6.45, 7) is 9.55. The van der Waals surface area contributed by atoms with Gasteiger partial charge >= 0.3 is 6.03 Å². The summed E-state index contributed by atoms with van der Waals surface area (Å²) in [7, 11) is 2.12. The van der Waals surface area contributed by atoms with Gasteiger partial charge in [-0.1, -0.05) is 0 Å². The lowest BCUT2D eigenvalue weighted by atomic mass is 9.96. The number of hydrogen-bond acceptors (Lipinski definition) is 5. The van der Waals surface area contributed by atoms with Crippen molar-refractivity contribution < 1.29 is 4.79 Å². The number of nitrogens with one attached hydrogen (secondary N) is 1. The van der Waals surface area contributed by atoms with Crippen LogP contribution in [0.3, 0.4) is 0 Å². The zero-order chi connectivity index (χ0) is 17.7. The summed E-state index contributed by atoms with van der Waals surface area (Å²) in [5.41, 5.74) is 2.48. The number of likely N-dealkylation sites (tertiary alicyclic amines) is 1. The minimum Gasteiger partial charge on any atom is -0.336 e. The molecule has 0 saturated carbocycles. The Morgan fingerprint density at radius 2 is 2.38 bits per heavy atom. The monoisotopic (exact) mass is 349 g/mol. The van der Waals surface area contributed by atoms with E-state index in [0.717, 1.165) is 38.3 Å². The van der Waals surface area contributed by atoms with Crippen molar-refractivity contribution in [2.75, 3.05) is 33.2 Å². The average molecular weight is 350 g/mol. The number of aromatic nitrogens is 1. The first-order chi connectivity index (χ1) is 11.3. The van der Waals surface area contributed by atoms with Crippen LogP contribution < -0.4 is 5.32 Å². The lowest BCUT2D eigenvalue weighted by molar-refractivity contribution is 0.201. The van der Waals surface area contributed by atoms with Crippen LogP contribution in [0.15, 0.2) is 5.51 Å². The van der Waals surface area contributed by atoms with Crippen LogP contribution in [-0.4, -0.2) is 54.0 Å². The molecular formula is C17H27N5OS. The van der Waals surface area contributed by atoms with Crippen molar-refractivity contribution in [2.24, 2.45) is 11.3 Å². The Kier molecular flexibility index (Phi) is 6.19. The number of aryl methyl sites for hydroxylation is 1. The Hall–Kier alpha value is -1.65. The molecule has 24 heavy (non-hydrogen) atoms. The fourth-order valence-corrected chi connectivity index (χ4v) is 3.70. The summed E-state index contributed by atoms with van der Waals surface area (Å²) in [6, 6.07) is 2.15. The number of amides is 2. The third-order valence-corrected chi connectivity index (χ3v) is 5.31. The van der Waals surface area contributed by atoms with Gasteiger partial charge in [-0.05, 0) is 40.2 Å². The highest BCUT2D eigenvalue weighted by Crippen LogP contribution is 2.20. The van der Waals surface area contributed by atoms with E-state index in [1.165, 1.54) is 4.88 Å². The molecule has 1 fully saturated rings. The Balaban J connectivity index is 1.75. The highest BCUT2D eigenvalue weighted by molar-refractivity contribution is 7.09. The number of carbonyl (C=O) groups is 1. The van der Waals surface area contributed by atoms with E-state index in [1.807, 2.05) is 31.2 Å². The number of nitriles is 1. The molecule has 0 radical (unpaired) electrons. The molecule has 6 nitrogen and oxygen atoms in total. The van der Waals surface area contributed by atoms with E-state index in [1.54, 1.807) is 11.3 Å². The molecule has 1 saturated heterocycles. The van der Waals surface area contributed by atoms with Gasteiger partial charge in [-0.2, -0.15) is 5.26 Å². The van der Waals surface area contributed by atoms with Crippen LogP contribution in [0.25, 0.3) is 0 Å². The SMILES string of the molecule is Cc1ncsc1CN(C)C[C@@H]1CCN(C(=O)NCC(C)(C)C#N)C1. The van der Waals surface area contributed by atoms with E-state index in [-0.39, 0.29) is 6.03 Å². The van der Waals surface area contributed by atoms with Crippen molar-refractivity contribution in [2.45, 2.75) is 33.7 Å². The zero-order valence-electron chi connectivity index (χ0n) is 15.0. The summed E-state index contributed by atoms with van der Waals surface area (Å²) in [6.07, 6.45) is 1.03. The van der Waals surface area contributed by atoms with Crippen molar-refractivity contribution in [3.05, 3.63) is 16.1 Å². The quantitative estimate of drug-likeness (QED) is 0.856. The molecular weight excluding hydrogens is 322 g/mol. The van der Waals surface area contributed by atoms with Crippen molar-refractivity contribution in [3.8, 4) is 6.07 Å². The third-order valence-electron chi connectivity index (χ3n) is 4.39. The number of hydrogen-bond donors (Lipinski definition) is 1. The van der Waals surface area contributed by atoms with Crippen LogP contribution >= 0.6 is 11.3 Å². The van der Waals surface area contributed by atoms with E-state index in [0.29, 0.717) is 12.5 Å². The summed E-state index contributed by atoms with van der Waals surface area (Å²) in [4.78, 5) is 22.0. The van der Waals surface area contributed by atoms with E-state index >= 15 is 0 Å². The number of carbonyl (C=O) groups excluding carboxylic acids is 1. The first-order valence-electron chi connectivity index (χ1n) is 8.32. The molecule has 2 rings (SSSR count). The topological polar surface area (TPSA) is 72.3 Å². The molecule has 0 aromatic carbocycles. The number of urea groups is 1. The number of nitrogens with zero attached hydrogens (tertiary/aromatic N) is 4. The molecule has 2 amide bonds. The standard InChI is InChI=1S/C17H27N5OS/c1-13-15(24-12-20-13)9-21(4)7-14-5-6-22(8-14)16(23)19-11-17(2,3)10-18/h12,14H,5-9,11H2,1-4H3,(H,19,23)/t14-/m0/s1. The average Bonchev–Trinajstić information content (AvgIpc) is 3.15. The second-order valence-corrected chi connectivity index (χ2v) is 8.25. The molecule has 0 unspecified atom stereocenters. The molecule has 0 bridgehead atoms. The fourth-order valence-electron chi connectivity index (χ4n) is 2.84. The van der Waals surface area contributed by atoms with Gasteiger partial charge in [-0.15, -0.1) is 11.3 Å².